The van der Waals surface area contributed by atoms with E-state index in [0.717, 1.165) is 0 Å². The van der Waals surface area contributed by atoms with Gasteiger partial charge in [-0.15, -0.1) is 0 Å². The molecule has 0 heterocycles. The number of alkyl halides is 2. The van der Waals surface area contributed by atoms with E-state index in [9.17, 15) is 18.0 Å². The van der Waals surface area contributed by atoms with Gasteiger partial charge in [-0.2, -0.15) is 0 Å². The summed E-state index contributed by atoms with van der Waals surface area (Å²) in [6.07, 6.45) is -3.05. The van der Waals surface area contributed by atoms with Crippen LogP contribution in [-0.2, 0) is 11.2 Å². The molecular formula is C21H22Cl2F3NO3. The highest BCUT2D eigenvalue weighted by atomic mass is 35.5. The molecule has 0 aliphatic carbocycles. The molecule has 0 aliphatic rings. The topological polar surface area (TPSA) is 47.6 Å². The molecule has 9 heteroatoms. The largest absolute Gasteiger partial charge is 0.485 e. The number of ether oxygens (including phenoxy) is 2. The van der Waals surface area contributed by atoms with Gasteiger partial charge >= 0.3 is 6.09 Å². The van der Waals surface area contributed by atoms with Crippen molar-refractivity contribution < 1.29 is 27.4 Å². The number of rotatable bonds is 7. The van der Waals surface area contributed by atoms with Crippen LogP contribution >= 0.6 is 23.2 Å². The van der Waals surface area contributed by atoms with Crippen molar-refractivity contribution in [2.75, 3.05) is 13.2 Å². The summed E-state index contributed by atoms with van der Waals surface area (Å²) in [6, 6.07) is 7.20. The minimum atomic E-state index is -2.69. The Kier molecular flexibility index (Phi) is 8.26. The molecule has 0 spiro atoms. The van der Waals surface area contributed by atoms with E-state index in [0.29, 0.717) is 16.7 Å². The molecule has 2 aromatic rings. The molecule has 0 bridgehead atoms. The first kappa shape index (κ1) is 24.2. The second-order valence-electron chi connectivity index (χ2n) is 7.45. The monoisotopic (exact) mass is 463 g/mol. The summed E-state index contributed by atoms with van der Waals surface area (Å²) in [4.78, 5) is 11.7. The van der Waals surface area contributed by atoms with E-state index >= 15 is 0 Å². The van der Waals surface area contributed by atoms with Gasteiger partial charge in [0.15, 0.2) is 0 Å². The van der Waals surface area contributed by atoms with Crippen molar-refractivity contribution >= 4 is 29.3 Å². The van der Waals surface area contributed by atoms with Crippen molar-refractivity contribution in [3.05, 3.63) is 51.8 Å². The minimum Gasteiger partial charge on any atom is -0.485 e. The van der Waals surface area contributed by atoms with Gasteiger partial charge < -0.3 is 14.8 Å². The Hall–Kier alpha value is -2.12. The number of alkyl carbamates (subject to hydrolysis) is 1. The number of nitrogens with one attached hydrogen (secondary N) is 1. The molecule has 0 unspecified atom stereocenters. The summed E-state index contributed by atoms with van der Waals surface area (Å²) in [5.74, 6) is -0.533. The van der Waals surface area contributed by atoms with Crippen molar-refractivity contribution in [1.29, 1.82) is 0 Å². The molecule has 0 atom stereocenters. The zero-order chi connectivity index (χ0) is 22.5. The van der Waals surface area contributed by atoms with Gasteiger partial charge in [-0.05, 0) is 56.5 Å². The van der Waals surface area contributed by atoms with Crippen LogP contribution in [0.5, 0.6) is 5.75 Å². The molecule has 0 radical (unpaired) electrons. The highest BCUT2D eigenvalue weighted by molar-refractivity contribution is 6.36. The Bertz CT molecular complexity index is 902. The number of benzene rings is 2. The highest BCUT2D eigenvalue weighted by Gasteiger charge is 2.18. The Morgan fingerprint density at radius 3 is 2.47 bits per heavy atom. The zero-order valence-corrected chi connectivity index (χ0v) is 18.2. The van der Waals surface area contributed by atoms with Gasteiger partial charge in [-0.1, -0.05) is 35.3 Å². The lowest BCUT2D eigenvalue weighted by Crippen LogP contribution is -2.33. The second kappa shape index (κ2) is 10.3. The van der Waals surface area contributed by atoms with Gasteiger partial charge in [-0.25, -0.2) is 18.0 Å². The molecule has 0 saturated heterocycles. The summed E-state index contributed by atoms with van der Waals surface area (Å²) < 4.78 is 50.0. The summed E-state index contributed by atoms with van der Waals surface area (Å²) in [7, 11) is 0. The fourth-order valence-electron chi connectivity index (χ4n) is 2.60. The first-order valence-corrected chi connectivity index (χ1v) is 9.87. The van der Waals surface area contributed by atoms with E-state index in [1.807, 2.05) is 0 Å². The lowest BCUT2D eigenvalue weighted by molar-refractivity contribution is 0.0528. The predicted molar refractivity (Wildman–Crippen MR) is 111 cm³/mol. The normalized spacial score (nSPS) is 11.5. The minimum absolute atomic E-state index is 0.000101. The molecular weight excluding hydrogens is 442 g/mol. The molecule has 1 N–H and O–H groups in total. The van der Waals surface area contributed by atoms with Crippen LogP contribution in [0.2, 0.25) is 10.0 Å². The van der Waals surface area contributed by atoms with Crippen LogP contribution in [0.3, 0.4) is 0 Å². The van der Waals surface area contributed by atoms with Crippen LogP contribution in [0.4, 0.5) is 18.0 Å². The van der Waals surface area contributed by atoms with E-state index < -0.39 is 30.5 Å². The third-order valence-electron chi connectivity index (χ3n) is 3.79. The van der Waals surface area contributed by atoms with Crippen LogP contribution < -0.4 is 10.1 Å². The van der Waals surface area contributed by atoms with E-state index in [-0.39, 0.29) is 28.8 Å². The number of hydrogen-bond acceptors (Lipinski definition) is 3. The summed E-state index contributed by atoms with van der Waals surface area (Å²) in [5.41, 5.74) is 0.396. The van der Waals surface area contributed by atoms with Crippen molar-refractivity contribution in [3.8, 4) is 16.9 Å². The summed E-state index contributed by atoms with van der Waals surface area (Å²) in [5, 5.41) is 2.86. The molecule has 0 fully saturated rings. The maximum atomic E-state index is 14.6. The van der Waals surface area contributed by atoms with Crippen LogP contribution in [0, 0.1) is 5.82 Å². The molecule has 4 nitrogen and oxygen atoms in total. The zero-order valence-electron chi connectivity index (χ0n) is 16.7. The van der Waals surface area contributed by atoms with Crippen molar-refractivity contribution in [3.63, 3.8) is 0 Å². The first-order chi connectivity index (χ1) is 14.0. The fraction of sp³-hybridized carbons (Fsp3) is 0.381. The third kappa shape index (κ3) is 7.29. The van der Waals surface area contributed by atoms with Gasteiger partial charge in [0.25, 0.3) is 6.43 Å². The first-order valence-electron chi connectivity index (χ1n) is 9.12. The second-order valence-corrected chi connectivity index (χ2v) is 8.29. The highest BCUT2D eigenvalue weighted by Crippen LogP contribution is 2.39. The molecule has 2 rings (SSSR count). The number of hydrogen-bond donors (Lipinski definition) is 1. The SMILES string of the molecule is CC(C)(C)OC(=O)NCCc1ccc(-c2cc(Cl)cc(Cl)c2OCC(F)F)cc1F. The molecule has 0 aromatic heterocycles. The summed E-state index contributed by atoms with van der Waals surface area (Å²) in [6.45, 7) is 4.55. The van der Waals surface area contributed by atoms with E-state index in [4.69, 9.17) is 32.7 Å². The van der Waals surface area contributed by atoms with Gasteiger partial charge in [-0.3, -0.25) is 0 Å². The number of carbonyl (C=O) groups excluding carboxylic acids is 1. The quantitative estimate of drug-likeness (QED) is 0.508. The average molecular weight is 464 g/mol. The predicted octanol–water partition coefficient (Wildman–Crippen LogP) is 6.51. The molecule has 30 heavy (non-hydrogen) atoms. The van der Waals surface area contributed by atoms with E-state index in [1.165, 1.54) is 24.3 Å². The van der Waals surface area contributed by atoms with Crippen LogP contribution in [0.25, 0.3) is 11.1 Å². The fourth-order valence-corrected chi connectivity index (χ4v) is 3.15. The third-order valence-corrected chi connectivity index (χ3v) is 4.29. The number of amides is 1. The Morgan fingerprint density at radius 2 is 1.87 bits per heavy atom. The van der Waals surface area contributed by atoms with Gasteiger partial charge in [0.05, 0.1) is 5.02 Å². The van der Waals surface area contributed by atoms with Crippen molar-refractivity contribution in [2.24, 2.45) is 0 Å². The lowest BCUT2D eigenvalue weighted by atomic mass is 10.0. The summed E-state index contributed by atoms with van der Waals surface area (Å²) >= 11 is 12.1. The smallest absolute Gasteiger partial charge is 0.407 e. The van der Waals surface area contributed by atoms with Gasteiger partial charge in [0.2, 0.25) is 0 Å². The van der Waals surface area contributed by atoms with Crippen molar-refractivity contribution in [2.45, 2.75) is 39.2 Å². The molecule has 0 saturated carbocycles. The molecule has 1 amide bonds. The Balaban J connectivity index is 2.16. The Labute approximate surface area is 183 Å². The van der Waals surface area contributed by atoms with Crippen LogP contribution in [-0.4, -0.2) is 31.3 Å². The molecule has 0 aliphatic heterocycles. The maximum absolute atomic E-state index is 14.6. The van der Waals surface area contributed by atoms with Crippen molar-refractivity contribution in [1.82, 2.24) is 5.32 Å². The van der Waals surface area contributed by atoms with Gasteiger partial charge in [0, 0.05) is 17.1 Å². The maximum Gasteiger partial charge on any atom is 0.407 e. The van der Waals surface area contributed by atoms with Crippen LogP contribution in [0.15, 0.2) is 30.3 Å². The van der Waals surface area contributed by atoms with Crippen LogP contribution in [0.1, 0.15) is 26.3 Å². The van der Waals surface area contributed by atoms with Gasteiger partial charge in [0.1, 0.15) is 23.8 Å². The van der Waals surface area contributed by atoms with E-state index in [2.05, 4.69) is 5.32 Å². The standard InChI is InChI=1S/C21H22Cl2F3NO3/c1-21(2,3)30-20(28)27-7-6-12-4-5-13(8-17(12)24)15-9-14(22)10-16(23)19(15)29-11-18(25)26/h4-5,8-10,18H,6-7,11H2,1-3H3,(H,27,28). The van der Waals surface area contributed by atoms with E-state index in [1.54, 1.807) is 26.8 Å². The lowest BCUT2D eigenvalue weighted by Gasteiger charge is -2.19. The number of halogens is 5. The Morgan fingerprint density at radius 1 is 1.17 bits per heavy atom. The molecule has 2 aromatic carbocycles. The number of carbonyl (C=O) groups is 1. The molecule has 164 valence electrons. The average Bonchev–Trinajstić information content (AvgIpc) is 2.60.